The second-order valence-electron chi connectivity index (χ2n) is 6.50. The highest BCUT2D eigenvalue weighted by atomic mass is 32.1. The molecular weight excluding hydrogens is 406 g/mol. The fourth-order valence-corrected chi connectivity index (χ4v) is 3.79. The van der Waals surface area contributed by atoms with Gasteiger partial charge in [-0.25, -0.2) is 4.79 Å². The topological polar surface area (TPSA) is 114 Å². The molecule has 154 valence electrons. The zero-order valence-electron chi connectivity index (χ0n) is 16.6. The van der Waals surface area contributed by atoms with E-state index in [1.807, 2.05) is 6.07 Å². The number of nitriles is 1. The molecule has 30 heavy (non-hydrogen) atoms. The first-order valence-electron chi connectivity index (χ1n) is 9.07. The molecule has 0 fully saturated rings. The summed E-state index contributed by atoms with van der Waals surface area (Å²) in [7, 11) is 0. The molecule has 1 amide bonds. The minimum Gasteiger partial charge on any atom is -0.451 e. The molecule has 0 saturated carbocycles. The van der Waals surface area contributed by atoms with E-state index in [2.05, 4.69) is 5.32 Å². The molecule has 9 heteroatoms. The van der Waals surface area contributed by atoms with E-state index in [1.54, 1.807) is 48.1 Å². The van der Waals surface area contributed by atoms with E-state index in [0.717, 1.165) is 4.88 Å². The SMILES string of the molecule is CC(=O)NCc1ccc(C(=O)C(C)OC(=O)c2c(C)oc(-n3cccc3)c2C#N)s1. The Balaban J connectivity index is 1.75. The molecular formula is C21H19N3O5S. The van der Waals surface area contributed by atoms with Crippen LogP contribution in [0.15, 0.2) is 41.1 Å². The van der Waals surface area contributed by atoms with Gasteiger partial charge in [0.15, 0.2) is 6.10 Å². The highest BCUT2D eigenvalue weighted by Crippen LogP contribution is 2.27. The molecule has 0 aliphatic rings. The number of carbonyl (C=O) groups is 3. The Morgan fingerprint density at radius 1 is 1.30 bits per heavy atom. The molecule has 1 N–H and O–H groups in total. The number of aromatic nitrogens is 1. The van der Waals surface area contributed by atoms with Gasteiger partial charge >= 0.3 is 5.97 Å². The van der Waals surface area contributed by atoms with Crippen molar-refractivity contribution in [2.75, 3.05) is 0 Å². The second-order valence-corrected chi connectivity index (χ2v) is 7.67. The highest BCUT2D eigenvalue weighted by molar-refractivity contribution is 7.14. The lowest BCUT2D eigenvalue weighted by Crippen LogP contribution is -2.24. The van der Waals surface area contributed by atoms with Crippen molar-refractivity contribution in [2.24, 2.45) is 0 Å². The number of Topliss-reactive ketones (excluding diaryl/α,β-unsaturated/α-hetero) is 1. The normalized spacial score (nSPS) is 11.5. The molecule has 1 atom stereocenters. The summed E-state index contributed by atoms with van der Waals surface area (Å²) >= 11 is 1.22. The molecule has 0 aliphatic heterocycles. The maximum atomic E-state index is 12.7. The van der Waals surface area contributed by atoms with Crippen LogP contribution in [0.4, 0.5) is 0 Å². The van der Waals surface area contributed by atoms with Gasteiger partial charge in [-0.1, -0.05) is 0 Å². The molecule has 0 aromatic carbocycles. The molecule has 1 unspecified atom stereocenters. The van der Waals surface area contributed by atoms with Crippen LogP contribution in [0.1, 0.15) is 50.1 Å². The number of aryl methyl sites for hydroxylation is 1. The van der Waals surface area contributed by atoms with Crippen molar-refractivity contribution in [2.45, 2.75) is 33.4 Å². The Labute approximate surface area is 176 Å². The van der Waals surface area contributed by atoms with Crippen molar-refractivity contribution >= 4 is 29.0 Å². The van der Waals surface area contributed by atoms with Gasteiger partial charge in [0.2, 0.25) is 17.6 Å². The van der Waals surface area contributed by atoms with Gasteiger partial charge in [-0.05, 0) is 38.1 Å². The minimum absolute atomic E-state index is 0.00150. The summed E-state index contributed by atoms with van der Waals surface area (Å²) in [6.07, 6.45) is 2.33. The number of ether oxygens (including phenoxy) is 1. The summed E-state index contributed by atoms with van der Waals surface area (Å²) in [5, 5.41) is 12.2. The van der Waals surface area contributed by atoms with Crippen molar-refractivity contribution in [3.05, 3.63) is 63.3 Å². The monoisotopic (exact) mass is 425 g/mol. The van der Waals surface area contributed by atoms with Crippen LogP contribution in [0.5, 0.6) is 0 Å². The number of carbonyl (C=O) groups excluding carboxylic acids is 3. The third kappa shape index (κ3) is 4.34. The van der Waals surface area contributed by atoms with E-state index in [4.69, 9.17) is 9.15 Å². The van der Waals surface area contributed by atoms with Gasteiger partial charge in [0.05, 0.1) is 11.4 Å². The average molecular weight is 425 g/mol. The smallest absolute Gasteiger partial charge is 0.343 e. The van der Waals surface area contributed by atoms with Crippen molar-refractivity contribution < 1.29 is 23.5 Å². The first-order valence-corrected chi connectivity index (χ1v) is 9.88. The molecule has 3 aromatic heterocycles. The Hall–Kier alpha value is -3.64. The quantitative estimate of drug-likeness (QED) is 0.458. The molecule has 8 nitrogen and oxygen atoms in total. The van der Waals surface area contributed by atoms with Gasteiger partial charge in [-0.2, -0.15) is 5.26 Å². The summed E-state index contributed by atoms with van der Waals surface area (Å²) in [5.74, 6) is -0.892. The third-order valence-electron chi connectivity index (χ3n) is 4.29. The van der Waals surface area contributed by atoms with Gasteiger partial charge in [0, 0.05) is 24.2 Å². The lowest BCUT2D eigenvalue weighted by molar-refractivity contribution is -0.119. The molecule has 0 radical (unpaired) electrons. The summed E-state index contributed by atoms with van der Waals surface area (Å²) < 4.78 is 12.5. The van der Waals surface area contributed by atoms with E-state index >= 15 is 0 Å². The van der Waals surface area contributed by atoms with Crippen LogP contribution < -0.4 is 5.32 Å². The van der Waals surface area contributed by atoms with Gasteiger partial charge in [0.25, 0.3) is 0 Å². The summed E-state index contributed by atoms with van der Waals surface area (Å²) in [5.41, 5.74) is 0.0421. The minimum atomic E-state index is -1.05. The van der Waals surface area contributed by atoms with E-state index in [9.17, 15) is 19.6 Å². The molecule has 0 saturated heterocycles. The number of rotatable bonds is 7. The zero-order chi connectivity index (χ0) is 21.8. The first kappa shape index (κ1) is 21.1. The molecule has 3 heterocycles. The first-order chi connectivity index (χ1) is 14.3. The van der Waals surface area contributed by atoms with Crippen LogP contribution in [0.3, 0.4) is 0 Å². The van der Waals surface area contributed by atoms with Crippen molar-refractivity contribution in [3.63, 3.8) is 0 Å². The number of thiophene rings is 1. The predicted octanol–water partition coefficient (Wildman–Crippen LogP) is 3.38. The Morgan fingerprint density at radius 2 is 2.00 bits per heavy atom. The van der Waals surface area contributed by atoms with Gasteiger partial charge in [-0.3, -0.25) is 14.2 Å². The molecule has 0 aliphatic carbocycles. The van der Waals surface area contributed by atoms with Crippen LogP contribution in [0, 0.1) is 18.3 Å². The van der Waals surface area contributed by atoms with Gasteiger partial charge < -0.3 is 14.5 Å². The number of amides is 1. The van der Waals surface area contributed by atoms with E-state index in [0.29, 0.717) is 11.4 Å². The van der Waals surface area contributed by atoms with Crippen molar-refractivity contribution in [1.82, 2.24) is 9.88 Å². The summed E-state index contributed by atoms with van der Waals surface area (Å²) in [6, 6.07) is 8.87. The van der Waals surface area contributed by atoms with Crippen LogP contribution in [0.25, 0.3) is 5.88 Å². The van der Waals surface area contributed by atoms with E-state index < -0.39 is 12.1 Å². The maximum Gasteiger partial charge on any atom is 0.343 e. The average Bonchev–Trinajstić information content (AvgIpc) is 3.44. The van der Waals surface area contributed by atoms with Gasteiger partial charge in [0.1, 0.15) is 23.0 Å². The van der Waals surface area contributed by atoms with Gasteiger partial charge in [-0.15, -0.1) is 11.3 Å². The predicted molar refractivity (Wildman–Crippen MR) is 109 cm³/mol. The molecule has 0 bridgehead atoms. The number of furan rings is 1. The number of ketones is 1. The van der Waals surface area contributed by atoms with E-state index in [-0.39, 0.29) is 34.5 Å². The number of hydrogen-bond donors (Lipinski definition) is 1. The Kier molecular flexibility index (Phi) is 6.18. The number of esters is 1. The molecule has 0 spiro atoms. The van der Waals surface area contributed by atoms with E-state index in [1.165, 1.54) is 25.2 Å². The molecule has 3 aromatic rings. The molecule has 3 rings (SSSR count). The van der Waals surface area contributed by atoms with Crippen LogP contribution in [-0.4, -0.2) is 28.3 Å². The van der Waals surface area contributed by atoms with Crippen LogP contribution in [-0.2, 0) is 16.1 Å². The highest BCUT2D eigenvalue weighted by Gasteiger charge is 2.29. The fourth-order valence-electron chi connectivity index (χ4n) is 2.82. The summed E-state index contributed by atoms with van der Waals surface area (Å²) in [4.78, 5) is 37.6. The lowest BCUT2D eigenvalue weighted by Gasteiger charge is -2.11. The standard InChI is InChI=1S/C21H19N3O5S/c1-12-18(16(10-22)20(28-12)24-8-4-5-9-24)21(27)29-13(2)19(26)17-7-6-15(30-17)11-23-14(3)25/h4-9,13H,11H2,1-3H3,(H,23,25). The van der Waals surface area contributed by atoms with Crippen LogP contribution in [0.2, 0.25) is 0 Å². The lowest BCUT2D eigenvalue weighted by atomic mass is 10.1. The zero-order valence-corrected chi connectivity index (χ0v) is 17.4. The fraction of sp³-hybridized carbons (Fsp3) is 0.238. The van der Waals surface area contributed by atoms with Crippen LogP contribution >= 0.6 is 11.3 Å². The second kappa shape index (κ2) is 8.80. The largest absolute Gasteiger partial charge is 0.451 e. The number of hydrogen-bond acceptors (Lipinski definition) is 7. The third-order valence-corrected chi connectivity index (χ3v) is 5.39. The summed E-state index contributed by atoms with van der Waals surface area (Å²) in [6.45, 7) is 4.77. The maximum absolute atomic E-state index is 12.7. The Bertz CT molecular complexity index is 1130. The number of nitrogens with one attached hydrogen (secondary N) is 1. The number of nitrogens with zero attached hydrogens (tertiary/aromatic N) is 2. The Morgan fingerprint density at radius 3 is 2.63 bits per heavy atom. The van der Waals surface area contributed by atoms with Crippen molar-refractivity contribution in [1.29, 1.82) is 5.26 Å². The van der Waals surface area contributed by atoms with Crippen molar-refractivity contribution in [3.8, 4) is 12.0 Å².